The minimum Gasteiger partial charge on any atom is -0.358 e. The molecule has 3 aromatic carbocycles. The van der Waals surface area contributed by atoms with Crippen LogP contribution in [0.5, 0.6) is 0 Å². The second kappa shape index (κ2) is 9.27. The lowest BCUT2D eigenvalue weighted by Crippen LogP contribution is -2.16. The maximum absolute atomic E-state index is 6.21. The molecule has 0 radical (unpaired) electrons. The molecule has 0 saturated heterocycles. The highest BCUT2D eigenvalue weighted by Crippen LogP contribution is 2.35. The first-order valence-electron chi connectivity index (χ1n) is 8.57. The van der Waals surface area contributed by atoms with Crippen LogP contribution >= 0.6 is 23.2 Å². The molecule has 140 valence electrons. The molecule has 6 heteroatoms. The van der Waals surface area contributed by atoms with Crippen molar-refractivity contribution in [1.29, 1.82) is 0 Å². The Hall–Kier alpha value is -3.00. The second-order valence-corrected chi connectivity index (χ2v) is 6.94. The molecular weight excluding hydrogens is 391 g/mol. The summed E-state index contributed by atoms with van der Waals surface area (Å²) in [5.74, 6) is 0. The lowest BCUT2D eigenvalue weighted by atomic mass is 10.2. The first kappa shape index (κ1) is 19.8. The zero-order chi connectivity index (χ0) is 19.9. The van der Waals surface area contributed by atoms with Gasteiger partial charge in [0.1, 0.15) is 5.69 Å². The van der Waals surface area contributed by atoms with Gasteiger partial charge in [-0.2, -0.15) is 5.11 Å². The van der Waals surface area contributed by atoms with Gasteiger partial charge in [-0.1, -0.05) is 53.5 Å². The Balaban J connectivity index is 1.79. The summed E-state index contributed by atoms with van der Waals surface area (Å²) in [4.78, 5) is 1.88. The molecule has 3 rings (SSSR count). The molecular formula is C22H18Cl2N4. The van der Waals surface area contributed by atoms with E-state index in [0.29, 0.717) is 28.0 Å². The van der Waals surface area contributed by atoms with Crippen molar-refractivity contribution in [2.45, 2.75) is 13.5 Å². The first-order valence-corrected chi connectivity index (χ1v) is 9.32. The summed E-state index contributed by atoms with van der Waals surface area (Å²) < 4.78 is 0. The Kier molecular flexibility index (Phi) is 6.54. The number of aryl methyl sites for hydroxylation is 1. The monoisotopic (exact) mass is 408 g/mol. The molecule has 0 fully saturated rings. The van der Waals surface area contributed by atoms with Crippen LogP contribution in [-0.4, -0.2) is 0 Å². The van der Waals surface area contributed by atoms with Gasteiger partial charge in [-0.15, -0.1) is 5.11 Å². The average molecular weight is 409 g/mol. The predicted molar refractivity (Wildman–Crippen MR) is 116 cm³/mol. The minimum atomic E-state index is 0.456. The summed E-state index contributed by atoms with van der Waals surface area (Å²) in [7, 11) is 0. The van der Waals surface area contributed by atoms with Gasteiger partial charge in [-0.05, 0) is 54.4 Å². The zero-order valence-corrected chi connectivity index (χ0v) is 16.7. The zero-order valence-electron chi connectivity index (χ0n) is 15.2. The third kappa shape index (κ3) is 5.04. The molecule has 0 heterocycles. The van der Waals surface area contributed by atoms with Crippen LogP contribution < -0.4 is 10.6 Å². The van der Waals surface area contributed by atoms with E-state index in [4.69, 9.17) is 28.9 Å². The Morgan fingerprint density at radius 3 is 2.18 bits per heavy atom. The smallest absolute Gasteiger partial charge is 0.123 e. The van der Waals surface area contributed by atoms with Crippen molar-refractivity contribution < 1.29 is 0 Å². The normalized spacial score (nSPS) is 10.5. The van der Waals surface area contributed by atoms with Crippen molar-refractivity contribution in [3.63, 3.8) is 0 Å². The highest BCUT2D eigenvalue weighted by Gasteiger charge is 2.07. The third-order valence-corrected chi connectivity index (χ3v) is 4.55. The molecule has 2 N–H and O–H groups in total. The molecule has 0 aliphatic rings. The molecule has 0 aliphatic carbocycles. The van der Waals surface area contributed by atoms with Gasteiger partial charge in [0.05, 0.1) is 22.3 Å². The summed E-state index contributed by atoms with van der Waals surface area (Å²) in [5, 5.41) is 9.37. The maximum Gasteiger partial charge on any atom is 0.123 e. The lowest BCUT2D eigenvalue weighted by Gasteiger charge is -2.17. The lowest BCUT2D eigenvalue weighted by molar-refractivity contribution is 0.992. The fourth-order valence-electron chi connectivity index (χ4n) is 2.63. The van der Waals surface area contributed by atoms with Gasteiger partial charge in [0.25, 0.3) is 0 Å². The summed E-state index contributed by atoms with van der Waals surface area (Å²) >= 11 is 12.4. The first-order chi connectivity index (χ1) is 13.6. The van der Waals surface area contributed by atoms with Crippen molar-refractivity contribution in [2.75, 3.05) is 4.90 Å². The molecule has 0 aliphatic heterocycles. The quantitative estimate of drug-likeness (QED) is 0.293. The fourth-order valence-corrected chi connectivity index (χ4v) is 3.31. The molecule has 0 bridgehead atoms. The summed E-state index contributed by atoms with van der Waals surface area (Å²) in [6.45, 7) is 2.54. The minimum absolute atomic E-state index is 0.456. The molecule has 0 atom stereocenters. The van der Waals surface area contributed by atoms with E-state index in [1.54, 1.807) is 12.1 Å². The van der Waals surface area contributed by atoms with E-state index in [1.807, 2.05) is 66.4 Å². The SMILES string of the molecule is Cc1cc(Cl)c(N=Nc2ccc(N(C#CN)Cc3ccccc3)cc2)c(Cl)c1. The van der Waals surface area contributed by atoms with Gasteiger partial charge >= 0.3 is 0 Å². The maximum atomic E-state index is 6.21. The standard InChI is InChI=1S/C22H18Cl2N4/c1-16-13-20(23)22(21(24)14-16)27-26-18-7-9-19(10-8-18)28(12-11-25)15-17-5-3-2-4-6-17/h2-10,13-14H,15,25H2,1H3. The topological polar surface area (TPSA) is 54.0 Å². The van der Waals surface area contributed by atoms with Crippen LogP contribution in [0.4, 0.5) is 17.1 Å². The summed E-state index contributed by atoms with van der Waals surface area (Å²) in [6.07, 6.45) is 0. The number of anilines is 1. The van der Waals surface area contributed by atoms with Gasteiger partial charge < -0.3 is 5.73 Å². The van der Waals surface area contributed by atoms with Gasteiger partial charge in [-0.3, -0.25) is 4.90 Å². The molecule has 4 nitrogen and oxygen atoms in total. The highest BCUT2D eigenvalue weighted by atomic mass is 35.5. The van der Waals surface area contributed by atoms with Crippen molar-refractivity contribution in [1.82, 2.24) is 0 Å². The number of hydrogen-bond acceptors (Lipinski definition) is 4. The van der Waals surface area contributed by atoms with Gasteiger partial charge in [-0.25, -0.2) is 0 Å². The van der Waals surface area contributed by atoms with E-state index >= 15 is 0 Å². The van der Waals surface area contributed by atoms with E-state index in [2.05, 4.69) is 22.3 Å². The van der Waals surface area contributed by atoms with Gasteiger partial charge in [0.15, 0.2) is 0 Å². The van der Waals surface area contributed by atoms with Gasteiger partial charge in [0, 0.05) is 17.8 Å². The van der Waals surface area contributed by atoms with Crippen LogP contribution in [-0.2, 0) is 6.54 Å². The van der Waals surface area contributed by atoms with E-state index in [1.165, 1.54) is 0 Å². The van der Waals surface area contributed by atoms with Crippen molar-refractivity contribution in [2.24, 2.45) is 16.0 Å². The van der Waals surface area contributed by atoms with Crippen LogP contribution in [0, 0.1) is 19.0 Å². The van der Waals surface area contributed by atoms with Crippen LogP contribution in [0.2, 0.25) is 10.0 Å². The Morgan fingerprint density at radius 1 is 0.929 bits per heavy atom. The van der Waals surface area contributed by atoms with Crippen molar-refractivity contribution in [3.05, 3.63) is 87.9 Å². The third-order valence-electron chi connectivity index (χ3n) is 3.97. The number of azo groups is 1. The van der Waals surface area contributed by atoms with Gasteiger partial charge in [0.2, 0.25) is 0 Å². The average Bonchev–Trinajstić information content (AvgIpc) is 2.68. The largest absolute Gasteiger partial charge is 0.358 e. The molecule has 0 aromatic heterocycles. The number of nitrogens with two attached hydrogens (primary N) is 1. The number of hydrogen-bond donors (Lipinski definition) is 1. The molecule has 0 spiro atoms. The molecule has 0 saturated carbocycles. The molecule has 0 amide bonds. The van der Waals surface area contributed by atoms with Crippen LogP contribution in [0.1, 0.15) is 11.1 Å². The van der Waals surface area contributed by atoms with Crippen LogP contribution in [0.25, 0.3) is 0 Å². The predicted octanol–water partition coefficient (Wildman–Crippen LogP) is 6.60. The highest BCUT2D eigenvalue weighted by molar-refractivity contribution is 6.38. The van der Waals surface area contributed by atoms with Crippen LogP contribution in [0.3, 0.4) is 0 Å². The Labute approximate surface area is 174 Å². The molecule has 28 heavy (non-hydrogen) atoms. The van der Waals surface area contributed by atoms with Crippen LogP contribution in [0.15, 0.2) is 77.0 Å². The van der Waals surface area contributed by atoms with E-state index in [0.717, 1.165) is 16.8 Å². The Morgan fingerprint density at radius 2 is 1.57 bits per heavy atom. The van der Waals surface area contributed by atoms with E-state index in [-0.39, 0.29) is 0 Å². The van der Waals surface area contributed by atoms with E-state index in [9.17, 15) is 0 Å². The fraction of sp³-hybridized carbons (Fsp3) is 0.0909. The number of halogens is 2. The molecule has 0 unspecified atom stereocenters. The Bertz CT molecular complexity index is 1010. The summed E-state index contributed by atoms with van der Waals surface area (Å²) in [5.41, 5.74) is 9.59. The number of benzene rings is 3. The van der Waals surface area contributed by atoms with Crippen molar-refractivity contribution in [3.8, 4) is 12.1 Å². The van der Waals surface area contributed by atoms with Crippen molar-refractivity contribution >= 4 is 40.3 Å². The number of nitrogens with zero attached hydrogens (tertiary/aromatic N) is 3. The van der Waals surface area contributed by atoms with E-state index < -0.39 is 0 Å². The molecule has 3 aromatic rings. The summed E-state index contributed by atoms with van der Waals surface area (Å²) in [6, 6.07) is 26.6. The number of rotatable bonds is 5. The second-order valence-electron chi connectivity index (χ2n) is 6.12.